The number of carbonyl (C=O) groups is 1. The van der Waals surface area contributed by atoms with E-state index in [0.717, 1.165) is 6.42 Å². The van der Waals surface area contributed by atoms with Crippen LogP contribution >= 0.6 is 11.6 Å². The maximum Gasteiger partial charge on any atom is 0.230 e. The minimum atomic E-state index is -0.140. The Balaban J connectivity index is 2.15. The highest BCUT2D eigenvalue weighted by Crippen LogP contribution is 2.25. The van der Waals surface area contributed by atoms with Crippen molar-refractivity contribution in [2.24, 2.45) is 5.92 Å². The number of amides is 1. The Morgan fingerprint density at radius 1 is 1.57 bits per heavy atom. The van der Waals surface area contributed by atoms with Crippen LogP contribution in [0.2, 0.25) is 5.02 Å². The molecule has 1 heterocycles. The SMILES string of the molecule is CC1OCCC1C(=O)Nc1ccc(Cl)cc1C#CCCO. The third-order valence-corrected chi connectivity index (χ3v) is 3.65. The molecule has 5 heteroatoms. The molecule has 0 saturated carbocycles. The number of carbonyl (C=O) groups excluding carboxylic acids is 1. The Kier molecular flexibility index (Phi) is 5.63. The molecule has 2 rings (SSSR count). The number of aliphatic hydroxyl groups is 1. The van der Waals surface area contributed by atoms with Crippen LogP contribution in [-0.2, 0) is 9.53 Å². The second-order valence-electron chi connectivity index (χ2n) is 4.93. The lowest BCUT2D eigenvalue weighted by molar-refractivity contribution is -0.121. The fourth-order valence-corrected chi connectivity index (χ4v) is 2.42. The standard InChI is InChI=1S/C16H18ClNO3/c1-11-14(7-9-21-11)16(20)18-15-6-5-13(17)10-12(15)4-2-3-8-19/h5-6,10-11,14,19H,3,7-9H2,1H3,(H,18,20). The van der Waals surface area contributed by atoms with Crippen molar-refractivity contribution in [1.29, 1.82) is 0 Å². The minimum Gasteiger partial charge on any atom is -0.395 e. The van der Waals surface area contributed by atoms with Crippen LogP contribution in [0.1, 0.15) is 25.3 Å². The van der Waals surface area contributed by atoms with Crippen molar-refractivity contribution in [1.82, 2.24) is 0 Å². The van der Waals surface area contributed by atoms with Crippen LogP contribution in [0.15, 0.2) is 18.2 Å². The first kappa shape index (κ1) is 15.8. The first-order chi connectivity index (χ1) is 10.1. The predicted molar refractivity (Wildman–Crippen MR) is 82.2 cm³/mol. The molecule has 112 valence electrons. The number of aliphatic hydroxyl groups excluding tert-OH is 1. The second-order valence-corrected chi connectivity index (χ2v) is 5.36. The van der Waals surface area contributed by atoms with E-state index in [9.17, 15) is 4.79 Å². The molecule has 1 aromatic carbocycles. The van der Waals surface area contributed by atoms with Gasteiger partial charge in [-0.2, -0.15) is 0 Å². The Hall–Kier alpha value is -1.54. The van der Waals surface area contributed by atoms with Gasteiger partial charge in [0, 0.05) is 23.6 Å². The van der Waals surface area contributed by atoms with Crippen LogP contribution in [0.5, 0.6) is 0 Å². The number of benzene rings is 1. The molecule has 1 aromatic rings. The molecule has 21 heavy (non-hydrogen) atoms. The summed E-state index contributed by atoms with van der Waals surface area (Å²) in [6.07, 6.45) is 1.04. The zero-order chi connectivity index (χ0) is 15.2. The quantitative estimate of drug-likeness (QED) is 0.843. The molecule has 1 fully saturated rings. The highest BCUT2D eigenvalue weighted by Gasteiger charge is 2.30. The summed E-state index contributed by atoms with van der Waals surface area (Å²) in [4.78, 5) is 12.3. The van der Waals surface area contributed by atoms with E-state index in [1.165, 1.54) is 0 Å². The van der Waals surface area contributed by atoms with Gasteiger partial charge in [0.1, 0.15) is 0 Å². The van der Waals surface area contributed by atoms with E-state index in [2.05, 4.69) is 17.2 Å². The highest BCUT2D eigenvalue weighted by molar-refractivity contribution is 6.30. The smallest absolute Gasteiger partial charge is 0.230 e. The second kappa shape index (κ2) is 7.46. The highest BCUT2D eigenvalue weighted by atomic mass is 35.5. The van der Waals surface area contributed by atoms with Gasteiger partial charge >= 0.3 is 0 Å². The van der Waals surface area contributed by atoms with Gasteiger partial charge in [0.05, 0.1) is 24.3 Å². The first-order valence-electron chi connectivity index (χ1n) is 6.93. The summed E-state index contributed by atoms with van der Waals surface area (Å²) >= 11 is 5.97. The topological polar surface area (TPSA) is 58.6 Å². The Bertz CT molecular complexity index is 577. The molecule has 2 N–H and O–H groups in total. The molecular weight excluding hydrogens is 290 g/mol. The number of hydrogen-bond donors (Lipinski definition) is 2. The summed E-state index contributed by atoms with van der Waals surface area (Å²) in [7, 11) is 0. The maximum absolute atomic E-state index is 12.3. The van der Waals surface area contributed by atoms with E-state index in [1.54, 1.807) is 18.2 Å². The largest absolute Gasteiger partial charge is 0.395 e. The van der Waals surface area contributed by atoms with Crippen molar-refractivity contribution in [3.8, 4) is 11.8 Å². The van der Waals surface area contributed by atoms with Gasteiger partial charge in [-0.15, -0.1) is 0 Å². The van der Waals surface area contributed by atoms with Crippen LogP contribution < -0.4 is 5.32 Å². The summed E-state index contributed by atoms with van der Waals surface area (Å²) in [5.74, 6) is 5.56. The third-order valence-electron chi connectivity index (χ3n) is 3.41. The molecular formula is C16H18ClNO3. The van der Waals surface area contributed by atoms with E-state index in [1.807, 2.05) is 6.92 Å². The van der Waals surface area contributed by atoms with Gasteiger partial charge in [-0.1, -0.05) is 23.4 Å². The number of nitrogens with one attached hydrogen (secondary N) is 1. The van der Waals surface area contributed by atoms with Gasteiger partial charge < -0.3 is 15.2 Å². The molecule has 2 unspecified atom stereocenters. The van der Waals surface area contributed by atoms with Crippen molar-refractivity contribution in [2.45, 2.75) is 25.9 Å². The van der Waals surface area contributed by atoms with Gasteiger partial charge in [0.15, 0.2) is 0 Å². The maximum atomic E-state index is 12.3. The monoisotopic (exact) mass is 307 g/mol. The lowest BCUT2D eigenvalue weighted by Crippen LogP contribution is -2.28. The molecule has 1 amide bonds. The normalized spacial score (nSPS) is 20.7. The van der Waals surface area contributed by atoms with Gasteiger partial charge in [0.2, 0.25) is 5.91 Å². The van der Waals surface area contributed by atoms with E-state index in [4.69, 9.17) is 21.4 Å². The van der Waals surface area contributed by atoms with Crippen molar-refractivity contribution in [3.63, 3.8) is 0 Å². The van der Waals surface area contributed by atoms with Crippen molar-refractivity contribution < 1.29 is 14.6 Å². The summed E-state index contributed by atoms with van der Waals surface area (Å²) in [6, 6.07) is 5.16. The number of halogens is 1. The Labute approximate surface area is 129 Å². The van der Waals surface area contributed by atoms with Crippen LogP contribution in [-0.4, -0.2) is 30.3 Å². The summed E-state index contributed by atoms with van der Waals surface area (Å²) < 4.78 is 5.42. The molecule has 0 spiro atoms. The first-order valence-corrected chi connectivity index (χ1v) is 7.31. The average Bonchev–Trinajstić information content (AvgIpc) is 2.88. The number of rotatable bonds is 3. The average molecular weight is 308 g/mol. The molecule has 1 aliphatic rings. The van der Waals surface area contributed by atoms with Gasteiger partial charge in [-0.05, 0) is 31.5 Å². The minimum absolute atomic E-state index is 0.00614. The van der Waals surface area contributed by atoms with Crippen molar-refractivity contribution >= 4 is 23.2 Å². The van der Waals surface area contributed by atoms with Crippen LogP contribution in [0.25, 0.3) is 0 Å². The lowest BCUT2D eigenvalue weighted by atomic mass is 10.0. The Morgan fingerprint density at radius 2 is 2.38 bits per heavy atom. The summed E-state index contributed by atoms with van der Waals surface area (Å²) in [5, 5.41) is 12.2. The third kappa shape index (κ3) is 4.21. The molecule has 4 nitrogen and oxygen atoms in total. The number of ether oxygens (including phenoxy) is 1. The predicted octanol–water partition coefficient (Wildman–Crippen LogP) is 2.44. The molecule has 2 atom stereocenters. The lowest BCUT2D eigenvalue weighted by Gasteiger charge is -2.15. The Morgan fingerprint density at radius 3 is 3.05 bits per heavy atom. The van der Waals surface area contributed by atoms with E-state index in [0.29, 0.717) is 29.3 Å². The number of hydrogen-bond acceptors (Lipinski definition) is 3. The number of anilines is 1. The molecule has 0 aliphatic carbocycles. The van der Waals surface area contributed by atoms with Crippen LogP contribution in [0, 0.1) is 17.8 Å². The van der Waals surface area contributed by atoms with Gasteiger partial charge in [-0.25, -0.2) is 0 Å². The molecule has 1 aliphatic heterocycles. The molecule has 0 radical (unpaired) electrons. The van der Waals surface area contributed by atoms with Gasteiger partial charge in [0.25, 0.3) is 0 Å². The van der Waals surface area contributed by atoms with Crippen LogP contribution in [0.3, 0.4) is 0 Å². The van der Waals surface area contributed by atoms with E-state index in [-0.39, 0.29) is 24.5 Å². The van der Waals surface area contributed by atoms with Crippen LogP contribution in [0.4, 0.5) is 5.69 Å². The summed E-state index contributed by atoms with van der Waals surface area (Å²) in [6.45, 7) is 2.52. The van der Waals surface area contributed by atoms with E-state index >= 15 is 0 Å². The van der Waals surface area contributed by atoms with Gasteiger partial charge in [-0.3, -0.25) is 4.79 Å². The van der Waals surface area contributed by atoms with Crippen molar-refractivity contribution in [3.05, 3.63) is 28.8 Å². The zero-order valence-corrected chi connectivity index (χ0v) is 12.6. The fraction of sp³-hybridized carbons (Fsp3) is 0.438. The summed E-state index contributed by atoms with van der Waals surface area (Å²) in [5.41, 5.74) is 1.28. The molecule has 0 aromatic heterocycles. The zero-order valence-electron chi connectivity index (χ0n) is 11.9. The van der Waals surface area contributed by atoms with Crippen molar-refractivity contribution in [2.75, 3.05) is 18.5 Å². The fourth-order valence-electron chi connectivity index (χ4n) is 2.24. The molecule has 1 saturated heterocycles. The van der Waals surface area contributed by atoms with E-state index < -0.39 is 0 Å². The molecule has 0 bridgehead atoms.